The lowest BCUT2D eigenvalue weighted by Gasteiger charge is -2.34. The van der Waals surface area contributed by atoms with Gasteiger partial charge in [0, 0.05) is 4.47 Å². The third kappa shape index (κ3) is 4.57. The van der Waals surface area contributed by atoms with Crippen LogP contribution in [0.2, 0.25) is 0 Å². The maximum atomic E-state index is 3.80. The Bertz CT molecular complexity index is 585. The molecule has 1 heteroatoms. The van der Waals surface area contributed by atoms with E-state index in [2.05, 4.69) is 50.5 Å². The van der Waals surface area contributed by atoms with E-state index >= 15 is 0 Å². The summed E-state index contributed by atoms with van der Waals surface area (Å²) in [6.45, 7) is 11.7. The fraction of sp³-hybridized carbons (Fsp3) is 0.760. The Morgan fingerprint density at radius 1 is 0.654 bits per heavy atom. The van der Waals surface area contributed by atoms with Crippen LogP contribution in [0.15, 0.2) is 4.47 Å². The average Bonchev–Trinajstić information content (AvgIpc) is 2.65. The molecule has 0 N–H and O–H groups in total. The maximum absolute atomic E-state index is 3.80. The molecule has 2 aliphatic rings. The van der Waals surface area contributed by atoms with Gasteiger partial charge in [-0.15, -0.1) is 0 Å². The fourth-order valence-electron chi connectivity index (χ4n) is 5.65. The number of halogens is 1. The van der Waals surface area contributed by atoms with Gasteiger partial charge in [0.05, 0.1) is 0 Å². The van der Waals surface area contributed by atoms with E-state index in [1.54, 1.807) is 5.56 Å². The van der Waals surface area contributed by atoms with Gasteiger partial charge in [-0.25, -0.2) is 0 Å². The fourth-order valence-corrected chi connectivity index (χ4v) is 6.24. The standard InChI is InChI=1S/C25H39Br/c1-16-6-8-21(9-7-16)14-22-10-12-23(13-11-22)15-24-17(2)19(4)25(26)20(5)18(24)3/h16,21-23H,6-15H2,1-5H3. The van der Waals surface area contributed by atoms with Crippen LogP contribution in [0.25, 0.3) is 0 Å². The van der Waals surface area contributed by atoms with Crippen molar-refractivity contribution in [1.82, 2.24) is 0 Å². The first-order valence-corrected chi connectivity index (χ1v) is 11.9. The van der Waals surface area contributed by atoms with E-state index in [9.17, 15) is 0 Å². The zero-order chi connectivity index (χ0) is 18.8. The van der Waals surface area contributed by atoms with Crippen LogP contribution in [-0.4, -0.2) is 0 Å². The summed E-state index contributed by atoms with van der Waals surface area (Å²) in [5.74, 6) is 3.98. The molecule has 0 nitrogen and oxygen atoms in total. The smallest absolute Gasteiger partial charge is 0.0239 e. The molecule has 0 radical (unpaired) electrons. The van der Waals surface area contributed by atoms with Gasteiger partial charge in [-0.05, 0) is 105 Å². The zero-order valence-corrected chi connectivity index (χ0v) is 19.3. The molecule has 0 aromatic heterocycles. The van der Waals surface area contributed by atoms with Crippen LogP contribution in [0.1, 0.15) is 92.5 Å². The van der Waals surface area contributed by atoms with E-state index in [4.69, 9.17) is 0 Å². The van der Waals surface area contributed by atoms with Gasteiger partial charge in [-0.1, -0.05) is 61.4 Å². The quantitative estimate of drug-likeness (QED) is 0.461. The summed E-state index contributed by atoms with van der Waals surface area (Å²) in [6.07, 6.45) is 14.7. The second kappa shape index (κ2) is 8.80. The van der Waals surface area contributed by atoms with Gasteiger partial charge in [-0.2, -0.15) is 0 Å². The highest BCUT2D eigenvalue weighted by atomic mass is 79.9. The molecule has 1 aromatic rings. The van der Waals surface area contributed by atoms with Crippen molar-refractivity contribution in [2.75, 3.05) is 0 Å². The molecular weight excluding hydrogens is 380 g/mol. The first-order chi connectivity index (χ1) is 12.4. The molecule has 0 spiro atoms. The Hall–Kier alpha value is -0.300. The second-order valence-electron chi connectivity index (χ2n) is 9.75. The normalized spacial score (nSPS) is 29.8. The number of benzene rings is 1. The predicted octanol–water partition coefficient (Wildman–Crippen LogP) is 8.25. The van der Waals surface area contributed by atoms with Crippen LogP contribution in [0, 0.1) is 51.4 Å². The van der Waals surface area contributed by atoms with Crippen molar-refractivity contribution < 1.29 is 0 Å². The zero-order valence-electron chi connectivity index (χ0n) is 17.8. The highest BCUT2D eigenvalue weighted by Crippen LogP contribution is 2.40. The molecule has 0 aliphatic heterocycles. The minimum atomic E-state index is 0.912. The van der Waals surface area contributed by atoms with E-state index in [0.29, 0.717) is 0 Å². The first-order valence-electron chi connectivity index (χ1n) is 11.1. The second-order valence-corrected chi connectivity index (χ2v) is 10.5. The Balaban J connectivity index is 1.55. The molecule has 2 aliphatic carbocycles. The van der Waals surface area contributed by atoms with Gasteiger partial charge in [0.15, 0.2) is 0 Å². The Morgan fingerprint density at radius 2 is 1.08 bits per heavy atom. The summed E-state index contributed by atoms with van der Waals surface area (Å²) in [6, 6.07) is 0. The highest BCUT2D eigenvalue weighted by Gasteiger charge is 2.27. The minimum absolute atomic E-state index is 0.912. The van der Waals surface area contributed by atoms with Gasteiger partial charge in [0.25, 0.3) is 0 Å². The lowest BCUT2D eigenvalue weighted by atomic mass is 9.72. The Labute approximate surface area is 170 Å². The van der Waals surface area contributed by atoms with E-state index in [1.165, 1.54) is 90.9 Å². The van der Waals surface area contributed by atoms with Crippen molar-refractivity contribution in [2.45, 2.75) is 98.8 Å². The van der Waals surface area contributed by atoms with Crippen LogP contribution in [0.5, 0.6) is 0 Å². The van der Waals surface area contributed by atoms with Gasteiger partial charge < -0.3 is 0 Å². The summed E-state index contributed by atoms with van der Waals surface area (Å²) in [5.41, 5.74) is 7.59. The SMILES string of the molecule is Cc1c(C)c(CC2CCC(CC3CCC(C)CC3)CC2)c(C)c(C)c1Br. The van der Waals surface area contributed by atoms with Crippen molar-refractivity contribution in [1.29, 1.82) is 0 Å². The molecule has 2 fully saturated rings. The average molecular weight is 419 g/mol. The molecule has 2 saturated carbocycles. The molecule has 3 rings (SSSR count). The topological polar surface area (TPSA) is 0 Å². The summed E-state index contributed by atoms with van der Waals surface area (Å²) in [4.78, 5) is 0. The van der Waals surface area contributed by atoms with Crippen molar-refractivity contribution in [2.24, 2.45) is 23.7 Å². The van der Waals surface area contributed by atoms with Crippen molar-refractivity contribution >= 4 is 15.9 Å². The van der Waals surface area contributed by atoms with E-state index in [0.717, 1.165) is 23.7 Å². The molecule has 1 aromatic carbocycles. The van der Waals surface area contributed by atoms with Crippen LogP contribution >= 0.6 is 15.9 Å². The van der Waals surface area contributed by atoms with Gasteiger partial charge in [0.1, 0.15) is 0 Å². The predicted molar refractivity (Wildman–Crippen MR) is 118 cm³/mol. The van der Waals surface area contributed by atoms with Crippen molar-refractivity contribution in [3.8, 4) is 0 Å². The van der Waals surface area contributed by atoms with E-state index < -0.39 is 0 Å². The summed E-state index contributed by atoms with van der Waals surface area (Å²) in [5, 5.41) is 0. The summed E-state index contributed by atoms with van der Waals surface area (Å²) < 4.78 is 1.32. The van der Waals surface area contributed by atoms with Gasteiger partial charge in [-0.3, -0.25) is 0 Å². The van der Waals surface area contributed by atoms with Crippen molar-refractivity contribution in [3.63, 3.8) is 0 Å². The van der Waals surface area contributed by atoms with Crippen LogP contribution in [-0.2, 0) is 6.42 Å². The van der Waals surface area contributed by atoms with Gasteiger partial charge in [0.2, 0.25) is 0 Å². The lowest BCUT2D eigenvalue weighted by Crippen LogP contribution is -2.21. The number of hydrogen-bond acceptors (Lipinski definition) is 0. The Kier molecular flexibility index (Phi) is 6.92. The monoisotopic (exact) mass is 418 g/mol. The van der Waals surface area contributed by atoms with Crippen LogP contribution in [0.3, 0.4) is 0 Å². The third-order valence-corrected chi connectivity index (χ3v) is 9.14. The van der Waals surface area contributed by atoms with Crippen molar-refractivity contribution in [3.05, 3.63) is 32.3 Å². The maximum Gasteiger partial charge on any atom is 0.0239 e. The molecule has 146 valence electrons. The third-order valence-electron chi connectivity index (χ3n) is 7.95. The minimum Gasteiger partial charge on any atom is -0.0625 e. The molecule has 26 heavy (non-hydrogen) atoms. The summed E-state index contributed by atoms with van der Waals surface area (Å²) >= 11 is 3.80. The first kappa shape index (κ1) is 20.4. The molecule has 0 saturated heterocycles. The molecule has 0 bridgehead atoms. The van der Waals surface area contributed by atoms with E-state index in [1.807, 2.05) is 0 Å². The Morgan fingerprint density at radius 3 is 1.58 bits per heavy atom. The molecule has 0 unspecified atom stereocenters. The molecule has 0 heterocycles. The van der Waals surface area contributed by atoms with Crippen LogP contribution < -0.4 is 0 Å². The largest absolute Gasteiger partial charge is 0.0625 e. The number of hydrogen-bond donors (Lipinski definition) is 0. The lowest BCUT2D eigenvalue weighted by molar-refractivity contribution is 0.195. The van der Waals surface area contributed by atoms with E-state index in [-0.39, 0.29) is 0 Å². The molecular formula is C25H39Br. The highest BCUT2D eigenvalue weighted by molar-refractivity contribution is 9.10. The number of rotatable bonds is 4. The molecule has 0 amide bonds. The molecule has 0 atom stereocenters. The van der Waals surface area contributed by atoms with Crippen LogP contribution in [0.4, 0.5) is 0 Å². The van der Waals surface area contributed by atoms with Gasteiger partial charge >= 0.3 is 0 Å². The summed E-state index contributed by atoms with van der Waals surface area (Å²) in [7, 11) is 0.